The Kier molecular flexibility index (Phi) is 6.20. The molecule has 2 aliphatic rings. The number of carbonyl (C=O) groups is 2. The fourth-order valence-electron chi connectivity index (χ4n) is 4.17. The minimum Gasteiger partial charge on any atom is -0.342 e. The van der Waals surface area contributed by atoms with Crippen LogP contribution in [0, 0.1) is 5.92 Å². The third-order valence-corrected chi connectivity index (χ3v) is 5.73. The van der Waals surface area contributed by atoms with E-state index in [0.29, 0.717) is 12.5 Å². The summed E-state index contributed by atoms with van der Waals surface area (Å²) in [6.45, 7) is 10.3. The van der Waals surface area contributed by atoms with Crippen LogP contribution in [0.15, 0.2) is 24.3 Å². The minimum absolute atomic E-state index is 0.0157. The molecule has 0 bridgehead atoms. The van der Waals surface area contributed by atoms with Crippen molar-refractivity contribution >= 4 is 17.5 Å². The second kappa shape index (κ2) is 8.42. The van der Waals surface area contributed by atoms with Gasteiger partial charge in [-0.25, -0.2) is 0 Å². The van der Waals surface area contributed by atoms with Crippen LogP contribution in [-0.2, 0) is 15.0 Å². The fourth-order valence-corrected chi connectivity index (χ4v) is 4.17. The van der Waals surface area contributed by atoms with Crippen molar-refractivity contribution in [2.24, 2.45) is 5.92 Å². The summed E-state index contributed by atoms with van der Waals surface area (Å²) in [5.41, 5.74) is 2.03. The molecule has 1 aromatic carbocycles. The van der Waals surface area contributed by atoms with Crippen molar-refractivity contribution < 1.29 is 9.59 Å². The molecule has 148 valence electrons. The first-order valence-electron chi connectivity index (χ1n) is 10.2. The van der Waals surface area contributed by atoms with Crippen LogP contribution in [-0.4, -0.2) is 54.3 Å². The molecule has 3 rings (SSSR count). The minimum atomic E-state index is -0.0157. The van der Waals surface area contributed by atoms with Gasteiger partial charge in [-0.2, -0.15) is 0 Å². The second-order valence-electron chi connectivity index (χ2n) is 8.93. The number of carbonyl (C=O) groups excluding carboxylic acids is 2. The standard InChI is InChI=1S/C22H33N3O2/c1-22(2,3)18-8-4-5-9-19(18)23-20(26)16-24-14-10-17(11-15-24)21(27)25-12-6-7-13-25/h4-5,8-9,17H,6-7,10-16H2,1-3H3,(H,23,26). The zero-order valence-corrected chi connectivity index (χ0v) is 17.0. The summed E-state index contributed by atoms with van der Waals surface area (Å²) in [5.74, 6) is 0.496. The summed E-state index contributed by atoms with van der Waals surface area (Å²) in [7, 11) is 0. The van der Waals surface area contributed by atoms with Gasteiger partial charge in [-0.05, 0) is 55.8 Å². The molecule has 1 aromatic rings. The summed E-state index contributed by atoms with van der Waals surface area (Å²) in [6, 6.07) is 8.02. The molecule has 2 heterocycles. The Morgan fingerprint density at radius 1 is 1.04 bits per heavy atom. The average molecular weight is 372 g/mol. The van der Waals surface area contributed by atoms with Crippen molar-refractivity contribution in [2.75, 3.05) is 38.0 Å². The van der Waals surface area contributed by atoms with E-state index in [1.54, 1.807) is 0 Å². The lowest BCUT2D eigenvalue weighted by molar-refractivity contribution is -0.136. The predicted molar refractivity (Wildman–Crippen MR) is 109 cm³/mol. The van der Waals surface area contributed by atoms with Gasteiger partial charge in [-0.3, -0.25) is 14.5 Å². The lowest BCUT2D eigenvalue weighted by Gasteiger charge is -2.32. The molecule has 5 heteroatoms. The molecule has 2 fully saturated rings. The molecular formula is C22H33N3O2. The Hall–Kier alpha value is -1.88. The molecule has 0 radical (unpaired) electrons. The van der Waals surface area contributed by atoms with Gasteiger partial charge in [0.05, 0.1) is 6.54 Å². The third kappa shape index (κ3) is 5.10. The number of amides is 2. The van der Waals surface area contributed by atoms with E-state index in [1.165, 1.54) is 0 Å². The molecule has 27 heavy (non-hydrogen) atoms. The highest BCUT2D eigenvalue weighted by Crippen LogP contribution is 2.29. The average Bonchev–Trinajstić information content (AvgIpc) is 3.16. The van der Waals surface area contributed by atoms with Crippen LogP contribution in [0.1, 0.15) is 52.0 Å². The number of nitrogens with zero attached hydrogens (tertiary/aromatic N) is 2. The number of anilines is 1. The van der Waals surface area contributed by atoms with E-state index in [0.717, 1.165) is 63.1 Å². The molecule has 0 atom stereocenters. The first-order chi connectivity index (χ1) is 12.8. The Morgan fingerprint density at radius 2 is 1.67 bits per heavy atom. The van der Waals surface area contributed by atoms with Crippen LogP contribution in [0.3, 0.4) is 0 Å². The fraction of sp³-hybridized carbons (Fsp3) is 0.636. The zero-order chi connectivity index (χ0) is 19.4. The molecule has 2 aliphatic heterocycles. The Balaban J connectivity index is 1.49. The molecule has 0 spiro atoms. The normalized spacial score (nSPS) is 19.3. The van der Waals surface area contributed by atoms with Crippen LogP contribution < -0.4 is 5.32 Å². The van der Waals surface area contributed by atoms with Crippen molar-refractivity contribution in [3.8, 4) is 0 Å². The van der Waals surface area contributed by atoms with Crippen molar-refractivity contribution in [3.63, 3.8) is 0 Å². The van der Waals surface area contributed by atoms with Crippen LogP contribution in [0.25, 0.3) is 0 Å². The maximum Gasteiger partial charge on any atom is 0.238 e. The first-order valence-corrected chi connectivity index (χ1v) is 10.2. The van der Waals surface area contributed by atoms with Gasteiger partial charge in [-0.15, -0.1) is 0 Å². The number of hydrogen-bond donors (Lipinski definition) is 1. The summed E-state index contributed by atoms with van der Waals surface area (Å²) < 4.78 is 0. The Morgan fingerprint density at radius 3 is 2.30 bits per heavy atom. The number of para-hydroxylation sites is 1. The molecular weight excluding hydrogens is 338 g/mol. The molecule has 2 saturated heterocycles. The molecule has 5 nitrogen and oxygen atoms in total. The molecule has 0 aromatic heterocycles. The van der Waals surface area contributed by atoms with Gasteiger partial charge in [0.2, 0.25) is 11.8 Å². The first kappa shape index (κ1) is 19.9. The largest absolute Gasteiger partial charge is 0.342 e. The highest BCUT2D eigenvalue weighted by molar-refractivity contribution is 5.93. The van der Waals surface area contributed by atoms with Gasteiger partial charge >= 0.3 is 0 Å². The zero-order valence-electron chi connectivity index (χ0n) is 17.0. The quantitative estimate of drug-likeness (QED) is 0.884. The van der Waals surface area contributed by atoms with E-state index in [2.05, 4.69) is 37.1 Å². The van der Waals surface area contributed by atoms with Gasteiger partial charge in [-0.1, -0.05) is 39.0 Å². The topological polar surface area (TPSA) is 52.7 Å². The molecule has 2 amide bonds. The third-order valence-electron chi connectivity index (χ3n) is 5.73. The summed E-state index contributed by atoms with van der Waals surface area (Å²) in [4.78, 5) is 29.3. The molecule has 0 unspecified atom stereocenters. The smallest absolute Gasteiger partial charge is 0.238 e. The van der Waals surface area contributed by atoms with E-state index in [9.17, 15) is 9.59 Å². The van der Waals surface area contributed by atoms with Crippen LogP contribution in [0.5, 0.6) is 0 Å². The highest BCUT2D eigenvalue weighted by atomic mass is 16.2. The highest BCUT2D eigenvalue weighted by Gasteiger charge is 2.30. The van der Waals surface area contributed by atoms with Crippen molar-refractivity contribution in [2.45, 2.75) is 51.9 Å². The lowest BCUT2D eigenvalue weighted by Crippen LogP contribution is -2.44. The Bertz CT molecular complexity index is 666. The maximum absolute atomic E-state index is 12.6. The number of nitrogens with one attached hydrogen (secondary N) is 1. The van der Waals surface area contributed by atoms with Crippen molar-refractivity contribution in [3.05, 3.63) is 29.8 Å². The predicted octanol–water partition coefficient (Wildman–Crippen LogP) is 3.26. The second-order valence-corrected chi connectivity index (χ2v) is 8.93. The van der Waals surface area contributed by atoms with Crippen LogP contribution in [0.2, 0.25) is 0 Å². The van der Waals surface area contributed by atoms with Gasteiger partial charge in [0, 0.05) is 24.7 Å². The number of piperidine rings is 1. The Labute approximate surface area is 163 Å². The van der Waals surface area contributed by atoms with E-state index in [4.69, 9.17) is 0 Å². The molecule has 0 aliphatic carbocycles. The summed E-state index contributed by atoms with van der Waals surface area (Å²) >= 11 is 0. The number of likely N-dealkylation sites (tertiary alicyclic amines) is 2. The lowest BCUT2D eigenvalue weighted by atomic mass is 9.86. The number of rotatable bonds is 4. The monoisotopic (exact) mass is 371 g/mol. The molecule has 1 N–H and O–H groups in total. The van der Waals surface area contributed by atoms with Gasteiger partial charge in [0.1, 0.15) is 0 Å². The SMILES string of the molecule is CC(C)(C)c1ccccc1NC(=O)CN1CCC(C(=O)N2CCCC2)CC1. The van der Waals surface area contributed by atoms with Crippen LogP contribution >= 0.6 is 0 Å². The van der Waals surface area contributed by atoms with E-state index < -0.39 is 0 Å². The maximum atomic E-state index is 12.6. The van der Waals surface area contributed by atoms with Gasteiger partial charge < -0.3 is 10.2 Å². The number of benzene rings is 1. The van der Waals surface area contributed by atoms with Crippen molar-refractivity contribution in [1.82, 2.24) is 9.80 Å². The van der Waals surface area contributed by atoms with Crippen molar-refractivity contribution in [1.29, 1.82) is 0 Å². The van der Waals surface area contributed by atoms with E-state index in [-0.39, 0.29) is 17.2 Å². The van der Waals surface area contributed by atoms with Crippen LogP contribution in [0.4, 0.5) is 5.69 Å². The summed E-state index contributed by atoms with van der Waals surface area (Å²) in [6.07, 6.45) is 4.00. The van der Waals surface area contributed by atoms with E-state index in [1.807, 2.05) is 23.1 Å². The number of hydrogen-bond acceptors (Lipinski definition) is 3. The van der Waals surface area contributed by atoms with Gasteiger partial charge in [0.25, 0.3) is 0 Å². The van der Waals surface area contributed by atoms with Gasteiger partial charge in [0.15, 0.2) is 0 Å². The van der Waals surface area contributed by atoms with E-state index >= 15 is 0 Å². The summed E-state index contributed by atoms with van der Waals surface area (Å²) in [5, 5.41) is 3.09. The molecule has 0 saturated carbocycles.